The SMILES string of the molecule is CC(=O)OC(O)CCCCCCCCCC=CC(F)(F)C(F)(F)F. The van der Waals surface area contributed by atoms with Crippen molar-refractivity contribution in [1.82, 2.24) is 0 Å². The van der Waals surface area contributed by atoms with Gasteiger partial charge in [-0.2, -0.15) is 22.0 Å². The summed E-state index contributed by atoms with van der Waals surface area (Å²) in [5.74, 6) is -5.28. The van der Waals surface area contributed by atoms with Gasteiger partial charge in [0.15, 0.2) is 0 Å². The molecule has 0 rings (SSSR count). The van der Waals surface area contributed by atoms with Crippen LogP contribution in [0.25, 0.3) is 0 Å². The number of alkyl halides is 5. The van der Waals surface area contributed by atoms with E-state index in [-0.39, 0.29) is 12.5 Å². The number of ether oxygens (including phenoxy) is 1. The van der Waals surface area contributed by atoms with Gasteiger partial charge in [-0.25, -0.2) is 0 Å². The third-order valence-electron chi connectivity index (χ3n) is 3.33. The fraction of sp³-hybridized carbons (Fsp3) is 0.812. The molecule has 0 aromatic rings. The molecule has 8 heteroatoms. The Balaban J connectivity index is 3.51. The molecule has 0 fully saturated rings. The van der Waals surface area contributed by atoms with E-state index >= 15 is 0 Å². The highest BCUT2D eigenvalue weighted by atomic mass is 19.4. The van der Waals surface area contributed by atoms with Crippen LogP contribution in [0.1, 0.15) is 64.7 Å². The lowest BCUT2D eigenvalue weighted by atomic mass is 10.1. The second kappa shape index (κ2) is 11.4. The van der Waals surface area contributed by atoms with Crippen LogP contribution in [-0.2, 0) is 9.53 Å². The van der Waals surface area contributed by atoms with Crippen molar-refractivity contribution in [3.8, 4) is 0 Å². The number of aliphatic hydroxyl groups is 1. The molecular formula is C16H25F5O3. The summed E-state index contributed by atoms with van der Waals surface area (Å²) in [6.45, 7) is 1.22. The first-order valence-corrected chi connectivity index (χ1v) is 8.04. The van der Waals surface area contributed by atoms with Crippen LogP contribution >= 0.6 is 0 Å². The molecule has 1 unspecified atom stereocenters. The summed E-state index contributed by atoms with van der Waals surface area (Å²) in [6.07, 6.45) is 0.421. The zero-order chi connectivity index (χ0) is 18.6. The molecule has 0 amide bonds. The van der Waals surface area contributed by atoms with Gasteiger partial charge in [-0.15, -0.1) is 0 Å². The van der Waals surface area contributed by atoms with E-state index in [4.69, 9.17) is 0 Å². The van der Waals surface area contributed by atoms with Crippen molar-refractivity contribution in [2.24, 2.45) is 0 Å². The summed E-state index contributed by atoms with van der Waals surface area (Å²) in [5.41, 5.74) is 0. The molecule has 1 atom stereocenters. The summed E-state index contributed by atoms with van der Waals surface area (Å²) in [4.78, 5) is 10.6. The predicted octanol–water partition coefficient (Wildman–Crippen LogP) is 5.13. The van der Waals surface area contributed by atoms with Gasteiger partial charge < -0.3 is 9.84 Å². The van der Waals surface area contributed by atoms with E-state index < -0.39 is 24.4 Å². The Bertz CT molecular complexity index is 380. The highest BCUT2D eigenvalue weighted by molar-refractivity contribution is 5.65. The monoisotopic (exact) mass is 360 g/mol. The normalized spacial score (nSPS) is 14.1. The van der Waals surface area contributed by atoms with Gasteiger partial charge in [0.1, 0.15) is 0 Å². The lowest BCUT2D eigenvalue weighted by Crippen LogP contribution is -2.33. The van der Waals surface area contributed by atoms with Gasteiger partial charge in [0.25, 0.3) is 0 Å². The van der Waals surface area contributed by atoms with Gasteiger partial charge in [0.2, 0.25) is 6.29 Å². The lowest BCUT2D eigenvalue weighted by molar-refractivity contribution is -0.259. The van der Waals surface area contributed by atoms with Crippen molar-refractivity contribution in [3.63, 3.8) is 0 Å². The Morgan fingerprint density at radius 2 is 1.50 bits per heavy atom. The minimum absolute atomic E-state index is 0.0819. The first-order valence-electron chi connectivity index (χ1n) is 8.04. The smallest absolute Gasteiger partial charge is 0.436 e. The molecule has 0 saturated carbocycles. The van der Waals surface area contributed by atoms with Crippen LogP contribution in [0.2, 0.25) is 0 Å². The van der Waals surface area contributed by atoms with Gasteiger partial charge in [-0.3, -0.25) is 4.79 Å². The van der Waals surface area contributed by atoms with E-state index in [1.165, 1.54) is 6.92 Å². The lowest BCUT2D eigenvalue weighted by Gasteiger charge is -2.15. The Morgan fingerprint density at radius 3 is 2.00 bits per heavy atom. The number of esters is 1. The summed E-state index contributed by atoms with van der Waals surface area (Å²) >= 11 is 0. The number of aliphatic hydroxyl groups excluding tert-OH is 1. The molecule has 0 saturated heterocycles. The van der Waals surface area contributed by atoms with Gasteiger partial charge in [0.05, 0.1) is 0 Å². The Labute approximate surface area is 138 Å². The fourth-order valence-corrected chi connectivity index (χ4v) is 2.04. The maximum Gasteiger partial charge on any atom is 0.457 e. The molecular weight excluding hydrogens is 335 g/mol. The standard InChI is InChI=1S/C16H25F5O3/c1-13(22)24-14(23)11-9-7-5-3-2-4-6-8-10-12-15(17,18)16(19,20)21/h10,12,14,23H,2-9,11H2,1H3. The topological polar surface area (TPSA) is 46.5 Å². The van der Waals surface area contributed by atoms with Crippen molar-refractivity contribution in [1.29, 1.82) is 0 Å². The Hall–Kier alpha value is -1.18. The molecule has 0 radical (unpaired) electrons. The molecule has 0 bridgehead atoms. The number of halogens is 5. The second-order valence-corrected chi connectivity index (χ2v) is 5.64. The number of carbonyl (C=O) groups excluding carboxylic acids is 1. The van der Waals surface area contributed by atoms with Crippen LogP contribution in [0.15, 0.2) is 12.2 Å². The first-order chi connectivity index (χ1) is 11.1. The molecule has 1 N–H and O–H groups in total. The number of unbranched alkanes of at least 4 members (excludes halogenated alkanes) is 7. The van der Waals surface area contributed by atoms with Crippen LogP contribution in [0.4, 0.5) is 22.0 Å². The number of carbonyl (C=O) groups is 1. The fourth-order valence-electron chi connectivity index (χ4n) is 2.04. The van der Waals surface area contributed by atoms with Crippen molar-refractivity contribution >= 4 is 5.97 Å². The van der Waals surface area contributed by atoms with E-state index in [2.05, 4.69) is 4.74 Å². The van der Waals surface area contributed by atoms with E-state index in [9.17, 15) is 31.9 Å². The zero-order valence-electron chi connectivity index (χ0n) is 13.7. The van der Waals surface area contributed by atoms with E-state index in [0.29, 0.717) is 12.8 Å². The average molecular weight is 360 g/mol. The second-order valence-electron chi connectivity index (χ2n) is 5.64. The minimum atomic E-state index is -5.54. The van der Waals surface area contributed by atoms with E-state index in [0.717, 1.165) is 44.6 Å². The van der Waals surface area contributed by atoms with Crippen LogP contribution in [0.5, 0.6) is 0 Å². The molecule has 24 heavy (non-hydrogen) atoms. The van der Waals surface area contributed by atoms with Crippen molar-refractivity contribution in [2.45, 2.75) is 83.1 Å². The molecule has 0 spiro atoms. The molecule has 0 aromatic heterocycles. The molecule has 0 heterocycles. The van der Waals surface area contributed by atoms with Crippen molar-refractivity contribution in [3.05, 3.63) is 12.2 Å². The third-order valence-corrected chi connectivity index (χ3v) is 3.33. The van der Waals surface area contributed by atoms with Gasteiger partial charge in [-0.1, -0.05) is 38.2 Å². The minimum Gasteiger partial charge on any atom is -0.436 e. The number of rotatable bonds is 12. The number of allylic oxidation sites excluding steroid dienone is 2. The molecule has 0 aliphatic rings. The average Bonchev–Trinajstić information content (AvgIpc) is 2.42. The maximum atomic E-state index is 12.5. The van der Waals surface area contributed by atoms with Gasteiger partial charge in [0, 0.05) is 13.3 Å². The Morgan fingerprint density at radius 1 is 1.00 bits per heavy atom. The van der Waals surface area contributed by atoms with E-state index in [1.54, 1.807) is 0 Å². The van der Waals surface area contributed by atoms with Crippen molar-refractivity contribution in [2.75, 3.05) is 0 Å². The quantitative estimate of drug-likeness (QED) is 0.172. The highest BCUT2D eigenvalue weighted by Crippen LogP contribution is 2.36. The molecule has 142 valence electrons. The first kappa shape index (κ1) is 22.8. The van der Waals surface area contributed by atoms with Crippen molar-refractivity contribution < 1.29 is 36.6 Å². The molecule has 3 nitrogen and oxygen atoms in total. The summed E-state index contributed by atoms with van der Waals surface area (Å²) in [5, 5.41) is 9.28. The molecule has 0 aromatic carbocycles. The maximum absolute atomic E-state index is 12.5. The third kappa shape index (κ3) is 11.4. The Kier molecular flexibility index (Phi) is 10.8. The summed E-state index contributed by atoms with van der Waals surface area (Å²) in [6, 6.07) is 0. The van der Waals surface area contributed by atoms with Gasteiger partial charge >= 0.3 is 18.1 Å². The predicted molar refractivity (Wildman–Crippen MR) is 79.5 cm³/mol. The van der Waals surface area contributed by atoms with E-state index in [1.807, 2.05) is 0 Å². The summed E-state index contributed by atoms with van der Waals surface area (Å²) < 4.78 is 65.3. The number of hydrogen-bond acceptors (Lipinski definition) is 3. The molecule has 0 aliphatic carbocycles. The zero-order valence-corrected chi connectivity index (χ0v) is 13.7. The van der Waals surface area contributed by atoms with Crippen LogP contribution in [-0.4, -0.2) is 29.5 Å². The van der Waals surface area contributed by atoms with Crippen LogP contribution in [0, 0.1) is 0 Å². The van der Waals surface area contributed by atoms with Gasteiger partial charge in [-0.05, 0) is 25.3 Å². The highest BCUT2D eigenvalue weighted by Gasteiger charge is 2.55. The number of hydrogen-bond donors (Lipinski definition) is 1. The van der Waals surface area contributed by atoms with Crippen LogP contribution < -0.4 is 0 Å². The summed E-state index contributed by atoms with van der Waals surface area (Å²) in [7, 11) is 0. The van der Waals surface area contributed by atoms with Crippen LogP contribution in [0.3, 0.4) is 0 Å². The molecule has 0 aliphatic heterocycles. The largest absolute Gasteiger partial charge is 0.457 e.